The van der Waals surface area contributed by atoms with Crippen LogP contribution in [0.2, 0.25) is 0 Å². The zero-order valence-electron chi connectivity index (χ0n) is 15.0. The van der Waals surface area contributed by atoms with Gasteiger partial charge in [-0.05, 0) is 31.0 Å². The largest absolute Gasteiger partial charge is 0.426 e. The van der Waals surface area contributed by atoms with E-state index in [1.807, 2.05) is 44.2 Å². The van der Waals surface area contributed by atoms with Crippen molar-refractivity contribution in [1.82, 2.24) is 5.32 Å². The number of esters is 1. The number of benzene rings is 2. The molecule has 1 atom stereocenters. The summed E-state index contributed by atoms with van der Waals surface area (Å²) in [6.45, 7) is 4.42. The van der Waals surface area contributed by atoms with Gasteiger partial charge in [0.15, 0.2) is 0 Å². The van der Waals surface area contributed by atoms with E-state index >= 15 is 0 Å². The Morgan fingerprint density at radius 2 is 1.88 bits per heavy atom. The molecular formula is C20H24N2O3S. The van der Waals surface area contributed by atoms with Gasteiger partial charge in [-0.3, -0.25) is 4.79 Å². The molecule has 2 amide bonds. The molecule has 0 aliphatic heterocycles. The molecule has 2 N–H and O–H groups in total. The van der Waals surface area contributed by atoms with Crippen LogP contribution in [-0.2, 0) is 10.5 Å². The average Bonchev–Trinajstić information content (AvgIpc) is 2.65. The monoisotopic (exact) mass is 372 g/mol. The molecule has 0 fully saturated rings. The summed E-state index contributed by atoms with van der Waals surface area (Å²) in [5.74, 6) is 0.852. The van der Waals surface area contributed by atoms with Crippen LogP contribution >= 0.6 is 11.8 Å². The second kappa shape index (κ2) is 10.5. The summed E-state index contributed by atoms with van der Waals surface area (Å²) in [6.07, 6.45) is 0.865. The number of amides is 2. The Balaban J connectivity index is 1.85. The van der Waals surface area contributed by atoms with Crippen LogP contribution in [0, 0.1) is 0 Å². The van der Waals surface area contributed by atoms with Gasteiger partial charge in [-0.25, -0.2) is 4.79 Å². The Kier molecular flexibility index (Phi) is 8.02. The van der Waals surface area contributed by atoms with E-state index in [1.54, 1.807) is 24.3 Å². The van der Waals surface area contributed by atoms with Crippen LogP contribution in [0.3, 0.4) is 0 Å². The maximum absolute atomic E-state index is 12.3. The van der Waals surface area contributed by atoms with Gasteiger partial charge in [0, 0.05) is 24.1 Å². The summed E-state index contributed by atoms with van der Waals surface area (Å²) in [5, 5.41) is 5.16. The molecule has 0 bridgehead atoms. The van der Waals surface area contributed by atoms with Crippen molar-refractivity contribution >= 4 is 29.4 Å². The van der Waals surface area contributed by atoms with Crippen molar-refractivity contribution in [1.29, 1.82) is 0 Å². The van der Waals surface area contributed by atoms with Crippen LogP contribution in [0.5, 0.6) is 5.75 Å². The summed E-state index contributed by atoms with van der Waals surface area (Å²) < 4.78 is 5.44. The molecule has 0 saturated heterocycles. The third kappa shape index (κ3) is 6.80. The minimum Gasteiger partial charge on any atom is -0.426 e. The van der Waals surface area contributed by atoms with Crippen LogP contribution in [0.4, 0.5) is 10.5 Å². The fraction of sp³-hybridized carbons (Fsp3) is 0.300. The molecule has 5 nitrogen and oxygen atoms in total. The normalized spacial score (nSPS) is 11.5. The number of carbonyl (C=O) groups is 2. The molecule has 6 heteroatoms. The van der Waals surface area contributed by atoms with Crippen LogP contribution in [0.1, 0.15) is 25.8 Å². The molecule has 0 aromatic heterocycles. The predicted octanol–water partition coefficient (Wildman–Crippen LogP) is 4.45. The van der Waals surface area contributed by atoms with Gasteiger partial charge in [-0.1, -0.05) is 43.3 Å². The van der Waals surface area contributed by atoms with E-state index in [1.165, 1.54) is 17.3 Å². The molecule has 2 aromatic rings. The predicted molar refractivity (Wildman–Crippen MR) is 107 cm³/mol. The topological polar surface area (TPSA) is 67.4 Å². The van der Waals surface area contributed by atoms with Gasteiger partial charge in [0.1, 0.15) is 11.0 Å². The van der Waals surface area contributed by atoms with Gasteiger partial charge in [-0.2, -0.15) is 0 Å². The first-order valence-corrected chi connectivity index (χ1v) is 9.65. The number of ether oxygens (including phenoxy) is 1. The fourth-order valence-electron chi connectivity index (χ4n) is 2.11. The summed E-state index contributed by atoms with van der Waals surface area (Å²) >= 11 is 1.53. The Labute approximate surface area is 158 Å². The SMILES string of the molecule is CCCNC(=O)Nc1cccc(OC(=O)C(C)SCc2ccccc2)c1. The van der Waals surface area contributed by atoms with Gasteiger partial charge < -0.3 is 15.4 Å². The molecule has 0 saturated carbocycles. The van der Waals surface area contributed by atoms with Crippen LogP contribution in [-0.4, -0.2) is 23.8 Å². The Morgan fingerprint density at radius 3 is 2.62 bits per heavy atom. The number of thioether (sulfide) groups is 1. The van der Waals surface area contributed by atoms with E-state index in [0.29, 0.717) is 18.0 Å². The van der Waals surface area contributed by atoms with Crippen LogP contribution in [0.25, 0.3) is 0 Å². The first-order chi connectivity index (χ1) is 12.6. The van der Waals surface area contributed by atoms with Crippen LogP contribution in [0.15, 0.2) is 54.6 Å². The molecule has 1 unspecified atom stereocenters. The highest BCUT2D eigenvalue weighted by atomic mass is 32.2. The zero-order chi connectivity index (χ0) is 18.8. The fourth-order valence-corrected chi connectivity index (χ4v) is 2.93. The Bertz CT molecular complexity index is 722. The lowest BCUT2D eigenvalue weighted by Crippen LogP contribution is -2.29. The quantitative estimate of drug-likeness (QED) is 0.531. The number of carbonyl (C=O) groups excluding carboxylic acids is 2. The smallest absolute Gasteiger partial charge is 0.324 e. The Morgan fingerprint density at radius 1 is 1.12 bits per heavy atom. The van der Waals surface area contributed by atoms with Crippen molar-refractivity contribution in [3.63, 3.8) is 0 Å². The number of hydrogen-bond donors (Lipinski definition) is 2. The summed E-state index contributed by atoms with van der Waals surface area (Å²) in [7, 11) is 0. The van der Waals surface area contributed by atoms with E-state index in [2.05, 4.69) is 10.6 Å². The molecule has 0 spiro atoms. The van der Waals surface area contributed by atoms with Gasteiger partial charge >= 0.3 is 12.0 Å². The lowest BCUT2D eigenvalue weighted by atomic mass is 10.2. The first kappa shape index (κ1) is 19.8. The van der Waals surface area contributed by atoms with Gasteiger partial charge in [0.2, 0.25) is 0 Å². The molecule has 138 valence electrons. The van der Waals surface area contributed by atoms with Crippen molar-refractivity contribution in [3.8, 4) is 5.75 Å². The Hall–Kier alpha value is -2.47. The molecule has 26 heavy (non-hydrogen) atoms. The molecular weight excluding hydrogens is 348 g/mol. The maximum atomic E-state index is 12.3. The molecule has 2 aromatic carbocycles. The maximum Gasteiger partial charge on any atom is 0.324 e. The van der Waals surface area contributed by atoms with E-state index < -0.39 is 0 Å². The van der Waals surface area contributed by atoms with Gasteiger partial charge in [0.05, 0.1) is 0 Å². The molecule has 0 aliphatic carbocycles. The summed E-state index contributed by atoms with van der Waals surface area (Å²) in [6, 6.07) is 16.5. The molecule has 2 rings (SSSR count). The molecule has 0 radical (unpaired) electrons. The lowest BCUT2D eigenvalue weighted by Gasteiger charge is -2.12. The van der Waals surface area contributed by atoms with Gasteiger partial charge in [0.25, 0.3) is 0 Å². The zero-order valence-corrected chi connectivity index (χ0v) is 15.8. The van der Waals surface area contributed by atoms with E-state index in [-0.39, 0.29) is 17.3 Å². The number of hydrogen-bond acceptors (Lipinski definition) is 4. The highest BCUT2D eigenvalue weighted by molar-refractivity contribution is 7.99. The number of anilines is 1. The first-order valence-electron chi connectivity index (χ1n) is 8.60. The lowest BCUT2D eigenvalue weighted by molar-refractivity contribution is -0.133. The van der Waals surface area contributed by atoms with Crippen molar-refractivity contribution in [3.05, 3.63) is 60.2 Å². The third-order valence-electron chi connectivity index (χ3n) is 3.52. The molecule has 0 heterocycles. The van der Waals surface area contributed by atoms with E-state index in [0.717, 1.165) is 12.2 Å². The van der Waals surface area contributed by atoms with Crippen molar-refractivity contribution in [2.75, 3.05) is 11.9 Å². The molecule has 0 aliphatic rings. The number of urea groups is 1. The average molecular weight is 372 g/mol. The number of nitrogens with one attached hydrogen (secondary N) is 2. The van der Waals surface area contributed by atoms with E-state index in [9.17, 15) is 9.59 Å². The van der Waals surface area contributed by atoms with Crippen molar-refractivity contribution in [2.45, 2.75) is 31.3 Å². The van der Waals surface area contributed by atoms with Gasteiger partial charge in [-0.15, -0.1) is 11.8 Å². The second-order valence-corrected chi connectivity index (χ2v) is 7.10. The highest BCUT2D eigenvalue weighted by Crippen LogP contribution is 2.22. The minimum absolute atomic E-state index is 0.276. The summed E-state index contributed by atoms with van der Waals surface area (Å²) in [4.78, 5) is 24.0. The minimum atomic E-state index is -0.307. The number of rotatable bonds is 8. The highest BCUT2D eigenvalue weighted by Gasteiger charge is 2.16. The summed E-state index contributed by atoms with van der Waals surface area (Å²) in [5.41, 5.74) is 1.75. The van der Waals surface area contributed by atoms with Crippen molar-refractivity contribution < 1.29 is 14.3 Å². The standard InChI is InChI=1S/C20H24N2O3S/c1-3-12-21-20(24)22-17-10-7-11-18(13-17)25-19(23)15(2)26-14-16-8-5-4-6-9-16/h4-11,13,15H,3,12,14H2,1-2H3,(H2,21,22,24). The van der Waals surface area contributed by atoms with E-state index in [4.69, 9.17) is 4.74 Å². The van der Waals surface area contributed by atoms with Crippen LogP contribution < -0.4 is 15.4 Å². The third-order valence-corrected chi connectivity index (χ3v) is 4.71. The van der Waals surface area contributed by atoms with Crippen molar-refractivity contribution in [2.24, 2.45) is 0 Å². The second-order valence-electron chi connectivity index (χ2n) is 5.77.